The number of rotatable bonds is 10. The van der Waals surface area contributed by atoms with Gasteiger partial charge >= 0.3 is 0 Å². The number of carbonyl (C=O) groups is 1. The molecule has 2 heterocycles. The predicted octanol–water partition coefficient (Wildman–Crippen LogP) is 7.76. The Morgan fingerprint density at radius 1 is 1.18 bits per heavy atom. The molecule has 0 aromatic carbocycles. The van der Waals surface area contributed by atoms with Crippen LogP contribution in [0, 0.1) is 6.92 Å². The van der Waals surface area contributed by atoms with Crippen molar-refractivity contribution in [2.45, 2.75) is 61.8 Å². The molecule has 2 aromatic rings. The van der Waals surface area contributed by atoms with E-state index in [4.69, 9.17) is 14.2 Å². The second-order valence-corrected chi connectivity index (χ2v) is 7.65. The van der Waals surface area contributed by atoms with Crippen molar-refractivity contribution in [1.82, 2.24) is 14.7 Å². The van der Waals surface area contributed by atoms with Crippen molar-refractivity contribution in [1.29, 1.82) is 0 Å². The summed E-state index contributed by atoms with van der Waals surface area (Å²) in [6.07, 6.45) is 15.7. The maximum Gasteiger partial charge on any atom is 0.250 e. The summed E-state index contributed by atoms with van der Waals surface area (Å²) in [6, 6.07) is 0. The van der Waals surface area contributed by atoms with Crippen LogP contribution in [-0.2, 0) is 19.0 Å². The summed E-state index contributed by atoms with van der Waals surface area (Å²) in [5, 5.41) is 4.75. The van der Waals surface area contributed by atoms with E-state index in [0.717, 1.165) is 22.8 Å². The molecule has 0 bridgehead atoms. The number of hydrogen-bond donors (Lipinski definition) is 1. The van der Waals surface area contributed by atoms with Gasteiger partial charge in [-0.2, -0.15) is 0 Å². The van der Waals surface area contributed by atoms with Gasteiger partial charge in [-0.25, -0.2) is 4.98 Å². The monoisotopic (exact) mass is 549 g/mol. The number of nitrogens with zero attached hydrogens (tertiary/aromatic N) is 2. The van der Waals surface area contributed by atoms with E-state index in [0.29, 0.717) is 18.8 Å². The normalized spacial score (nSPS) is 10.8. The Bertz CT molecular complexity index is 969. The van der Waals surface area contributed by atoms with E-state index in [1.165, 1.54) is 5.69 Å². The third-order valence-electron chi connectivity index (χ3n) is 4.16. The fourth-order valence-corrected chi connectivity index (χ4v) is 3.09. The minimum Gasteiger partial charge on any atom is -0.499 e. The molecule has 0 spiro atoms. The van der Waals surface area contributed by atoms with E-state index in [-0.39, 0.29) is 5.91 Å². The maximum atomic E-state index is 11.2. The molecule has 7 nitrogen and oxygen atoms in total. The summed E-state index contributed by atoms with van der Waals surface area (Å²) in [6.45, 7) is 20.4. The van der Waals surface area contributed by atoms with Crippen molar-refractivity contribution in [3.8, 4) is 0 Å². The first-order chi connectivity index (χ1) is 18.4. The second-order valence-electron chi connectivity index (χ2n) is 6.81. The lowest BCUT2D eigenvalue weighted by molar-refractivity contribution is -0.116. The molecule has 0 fully saturated rings. The lowest BCUT2D eigenvalue weighted by atomic mass is 10.3. The second kappa shape index (κ2) is 28.6. The Kier molecular flexibility index (Phi) is 29.8. The molecular formula is C30H51N3O4S. The SMILES string of the molecule is C/C=C(\COC)OC.C=C/C=C/c1cn2c(C)csc2n1.CC.CC.CC/C=C/NC(=O)/C(C)=C/COC. The van der Waals surface area contributed by atoms with Gasteiger partial charge in [0.05, 0.1) is 19.4 Å². The van der Waals surface area contributed by atoms with Crippen molar-refractivity contribution in [3.05, 3.63) is 77.5 Å². The van der Waals surface area contributed by atoms with Gasteiger partial charge in [-0.05, 0) is 39.3 Å². The van der Waals surface area contributed by atoms with Crippen molar-refractivity contribution < 1.29 is 19.0 Å². The lowest BCUT2D eigenvalue weighted by Gasteiger charge is -2.01. The molecule has 0 saturated carbocycles. The average molecular weight is 550 g/mol. The Hall–Kier alpha value is -2.94. The maximum absolute atomic E-state index is 11.2. The van der Waals surface area contributed by atoms with Gasteiger partial charge in [-0.3, -0.25) is 9.20 Å². The van der Waals surface area contributed by atoms with Crippen LogP contribution in [0.25, 0.3) is 11.0 Å². The zero-order valence-electron chi connectivity index (χ0n) is 25.5. The summed E-state index contributed by atoms with van der Waals surface area (Å²) in [7, 11) is 4.87. The van der Waals surface area contributed by atoms with E-state index in [1.54, 1.807) is 57.9 Å². The molecule has 0 aliphatic carbocycles. The molecule has 0 aliphatic rings. The summed E-state index contributed by atoms with van der Waals surface area (Å²) >= 11 is 1.66. The van der Waals surface area contributed by atoms with Crippen molar-refractivity contribution >= 4 is 28.3 Å². The summed E-state index contributed by atoms with van der Waals surface area (Å²) in [5.41, 5.74) is 2.88. The van der Waals surface area contributed by atoms with Crippen LogP contribution in [0.2, 0.25) is 0 Å². The largest absolute Gasteiger partial charge is 0.499 e. The van der Waals surface area contributed by atoms with Crippen LogP contribution in [0.1, 0.15) is 66.3 Å². The Labute approximate surface area is 235 Å². The molecule has 0 atom stereocenters. The Morgan fingerprint density at radius 3 is 2.29 bits per heavy atom. The predicted molar refractivity (Wildman–Crippen MR) is 166 cm³/mol. The smallest absolute Gasteiger partial charge is 0.250 e. The van der Waals surface area contributed by atoms with Crippen molar-refractivity contribution in [3.63, 3.8) is 0 Å². The van der Waals surface area contributed by atoms with Gasteiger partial charge in [0.2, 0.25) is 0 Å². The highest BCUT2D eigenvalue weighted by Crippen LogP contribution is 2.16. The van der Waals surface area contributed by atoms with Crippen molar-refractivity contribution in [2.75, 3.05) is 34.5 Å². The summed E-state index contributed by atoms with van der Waals surface area (Å²) in [4.78, 5) is 16.7. The molecule has 0 aliphatic heterocycles. The van der Waals surface area contributed by atoms with Gasteiger partial charge in [-0.15, -0.1) is 11.3 Å². The molecule has 0 radical (unpaired) electrons. The summed E-state index contributed by atoms with van der Waals surface area (Å²) in [5.74, 6) is 0.786. The number of thiazole rings is 1. The number of amides is 1. The van der Waals surface area contributed by atoms with Gasteiger partial charge in [0.15, 0.2) is 4.96 Å². The number of nitrogens with one attached hydrogen (secondary N) is 1. The molecule has 216 valence electrons. The van der Waals surface area contributed by atoms with Gasteiger partial charge in [0.1, 0.15) is 12.4 Å². The topological polar surface area (TPSA) is 74.1 Å². The lowest BCUT2D eigenvalue weighted by Crippen LogP contribution is -2.18. The molecule has 0 unspecified atom stereocenters. The molecule has 2 aromatic heterocycles. The highest BCUT2D eigenvalue weighted by molar-refractivity contribution is 7.15. The number of allylic oxidation sites excluding steroid dienone is 4. The minimum absolute atomic E-state index is 0.0817. The first-order valence-corrected chi connectivity index (χ1v) is 13.8. The van der Waals surface area contributed by atoms with Gasteiger partial charge in [0.25, 0.3) is 5.91 Å². The third-order valence-corrected chi connectivity index (χ3v) is 5.12. The highest BCUT2D eigenvalue weighted by atomic mass is 32.1. The number of imidazole rings is 1. The fraction of sp³-hybridized carbons (Fsp3) is 0.467. The first kappa shape index (κ1) is 39.6. The zero-order valence-corrected chi connectivity index (χ0v) is 26.3. The van der Waals surface area contributed by atoms with Gasteiger partial charge in [-0.1, -0.05) is 65.5 Å². The molecule has 8 heteroatoms. The molecule has 0 saturated heterocycles. The molecule has 1 N–H and O–H groups in total. The number of aromatic nitrogens is 2. The van der Waals surface area contributed by atoms with E-state index in [2.05, 4.69) is 33.6 Å². The van der Waals surface area contributed by atoms with Crippen LogP contribution >= 0.6 is 11.3 Å². The number of fused-ring (bicyclic) bond motifs is 1. The van der Waals surface area contributed by atoms with Gasteiger partial charge < -0.3 is 19.5 Å². The van der Waals surface area contributed by atoms with Gasteiger partial charge in [0, 0.05) is 43.3 Å². The third kappa shape index (κ3) is 19.2. The molecule has 2 rings (SSSR count). The van der Waals surface area contributed by atoms with E-state index in [9.17, 15) is 4.79 Å². The number of aryl methyl sites for hydroxylation is 1. The zero-order chi connectivity index (χ0) is 29.8. The Morgan fingerprint density at radius 2 is 1.84 bits per heavy atom. The number of hydrogen-bond acceptors (Lipinski definition) is 6. The quantitative estimate of drug-likeness (QED) is 0.186. The molecular weight excluding hydrogens is 498 g/mol. The fourth-order valence-electron chi connectivity index (χ4n) is 2.23. The van der Waals surface area contributed by atoms with Crippen LogP contribution in [0.5, 0.6) is 0 Å². The molecule has 38 heavy (non-hydrogen) atoms. The number of carbonyl (C=O) groups excluding carboxylic acids is 1. The van der Waals surface area contributed by atoms with E-state index >= 15 is 0 Å². The summed E-state index contributed by atoms with van der Waals surface area (Å²) < 4.78 is 16.6. The minimum atomic E-state index is -0.0817. The Balaban J connectivity index is -0.000000465. The van der Waals surface area contributed by atoms with Crippen LogP contribution in [0.3, 0.4) is 0 Å². The van der Waals surface area contributed by atoms with Crippen LogP contribution in [0.15, 0.2) is 66.1 Å². The number of ether oxygens (including phenoxy) is 3. The average Bonchev–Trinajstić information content (AvgIpc) is 3.53. The highest BCUT2D eigenvalue weighted by Gasteiger charge is 2.02. The van der Waals surface area contributed by atoms with Crippen LogP contribution < -0.4 is 5.32 Å². The number of methoxy groups -OCH3 is 3. The standard InChI is InChI=1S/C10H10N2S.C10H17NO2.C6H12O2.2C2H6/c1-3-4-5-9-6-12-8(2)7-13-10(12)11-9;1-4-5-7-11-10(12)9(2)6-8-13-3;1-4-6(8-3)5-7-2;2*1-2/h3-7H,1H2,2H3;5-7H,4,8H2,1-3H3,(H,11,12);4H,5H2,1-3H3;2*1-2H3/b5-4+;7-5+,9-6+;6-4+;;. The van der Waals surface area contributed by atoms with E-state index in [1.807, 2.05) is 72.0 Å². The molecule has 1 amide bonds. The van der Waals surface area contributed by atoms with E-state index < -0.39 is 0 Å². The van der Waals surface area contributed by atoms with Crippen LogP contribution in [-0.4, -0.2) is 49.8 Å². The first-order valence-electron chi connectivity index (χ1n) is 12.9. The van der Waals surface area contributed by atoms with Crippen molar-refractivity contribution in [2.24, 2.45) is 0 Å². The van der Waals surface area contributed by atoms with Crippen LogP contribution in [0.4, 0.5) is 0 Å².